The fraction of sp³-hybridized carbons (Fsp3) is 0.450. The van der Waals surface area contributed by atoms with Gasteiger partial charge in [-0.05, 0) is 87.0 Å². The Balaban J connectivity index is 0.000000269. The van der Waals surface area contributed by atoms with Gasteiger partial charge < -0.3 is 20.5 Å². The van der Waals surface area contributed by atoms with Crippen molar-refractivity contribution in [2.75, 3.05) is 56.0 Å². The van der Waals surface area contributed by atoms with Crippen LogP contribution >= 0.6 is 0 Å². The number of piperazine rings is 1. The fourth-order valence-electron chi connectivity index (χ4n) is 6.13. The number of aromatic nitrogens is 2. The molecule has 48 heavy (non-hydrogen) atoms. The molecule has 1 saturated heterocycles. The Labute approximate surface area is 289 Å². The lowest BCUT2D eigenvalue weighted by Crippen LogP contribution is -2.51. The van der Waals surface area contributed by atoms with E-state index in [1.54, 1.807) is 18.6 Å². The van der Waals surface area contributed by atoms with Crippen molar-refractivity contribution in [3.63, 3.8) is 0 Å². The molecule has 1 saturated carbocycles. The summed E-state index contributed by atoms with van der Waals surface area (Å²) in [5.41, 5.74) is 6.31. The molecule has 0 atom stereocenters. The van der Waals surface area contributed by atoms with Gasteiger partial charge in [0.2, 0.25) is 5.91 Å². The standard InChI is InChI=1S/C22H29N5O.C16H22N2.C2H6/c1-3-5-13-25(4-2)18-21(28)27-16-14-26(15-17-27)20-9-7-19(8-10-20)22-23-11-6-12-24-22;1-3-18-14-10-9-12(2)15(11-14)16(17)13-7-5-4-6-8-13;1-2/h3,6-12H,1,4-5,13-18H2,2H3;3,9-11,13,17-18H,1,4-8H2,2H3;1-2H3. The summed E-state index contributed by atoms with van der Waals surface area (Å²) < 4.78 is 0. The minimum Gasteiger partial charge on any atom is -0.368 e. The summed E-state index contributed by atoms with van der Waals surface area (Å²) in [6.45, 7) is 21.1. The van der Waals surface area contributed by atoms with E-state index in [0.29, 0.717) is 12.5 Å². The van der Waals surface area contributed by atoms with E-state index in [-0.39, 0.29) is 5.91 Å². The smallest absolute Gasteiger partial charge is 0.236 e. The number of hydrogen-bond donors (Lipinski definition) is 2. The predicted molar refractivity (Wildman–Crippen MR) is 203 cm³/mol. The van der Waals surface area contributed by atoms with Crippen molar-refractivity contribution < 1.29 is 4.79 Å². The van der Waals surface area contributed by atoms with Crippen molar-refractivity contribution in [3.05, 3.63) is 97.5 Å². The highest BCUT2D eigenvalue weighted by molar-refractivity contribution is 6.02. The van der Waals surface area contributed by atoms with Gasteiger partial charge >= 0.3 is 0 Å². The third-order valence-corrected chi connectivity index (χ3v) is 8.95. The minimum atomic E-state index is 0.224. The third-order valence-electron chi connectivity index (χ3n) is 8.95. The first-order valence-electron chi connectivity index (χ1n) is 17.7. The van der Waals surface area contributed by atoms with Crippen LogP contribution in [0, 0.1) is 18.3 Å². The minimum absolute atomic E-state index is 0.224. The Morgan fingerprint density at radius 2 is 1.67 bits per heavy atom. The highest BCUT2D eigenvalue weighted by atomic mass is 16.2. The van der Waals surface area contributed by atoms with Crippen LogP contribution < -0.4 is 10.2 Å². The predicted octanol–water partition coefficient (Wildman–Crippen LogP) is 8.21. The second-order valence-corrected chi connectivity index (χ2v) is 12.1. The summed E-state index contributed by atoms with van der Waals surface area (Å²) >= 11 is 0. The first kappa shape index (κ1) is 38.2. The number of carbonyl (C=O) groups excluding carboxylic acids is 1. The van der Waals surface area contributed by atoms with Crippen LogP contribution in [0.3, 0.4) is 0 Å². The van der Waals surface area contributed by atoms with Crippen LogP contribution in [0.25, 0.3) is 11.4 Å². The molecule has 1 aromatic heterocycles. The number of anilines is 2. The molecule has 2 aromatic carbocycles. The number of carbonyl (C=O) groups is 1. The van der Waals surface area contributed by atoms with Gasteiger partial charge in [-0.15, -0.1) is 6.58 Å². The van der Waals surface area contributed by atoms with E-state index in [1.165, 1.54) is 43.4 Å². The van der Waals surface area contributed by atoms with Crippen LogP contribution in [0.1, 0.15) is 70.4 Å². The van der Waals surface area contributed by atoms with Crippen molar-refractivity contribution in [2.24, 2.45) is 5.92 Å². The maximum absolute atomic E-state index is 12.6. The molecule has 1 aliphatic heterocycles. The average Bonchev–Trinajstić information content (AvgIpc) is 3.16. The number of rotatable bonds is 12. The molecular weight excluding hydrogens is 594 g/mol. The van der Waals surface area contributed by atoms with Crippen LogP contribution in [-0.2, 0) is 4.79 Å². The highest BCUT2D eigenvalue weighted by Crippen LogP contribution is 2.29. The van der Waals surface area contributed by atoms with Crippen LogP contribution in [0.15, 0.2) is 86.4 Å². The molecule has 1 amide bonds. The summed E-state index contributed by atoms with van der Waals surface area (Å²) in [5, 5.41) is 11.5. The van der Waals surface area contributed by atoms with Gasteiger partial charge in [-0.1, -0.05) is 58.8 Å². The number of hydrogen-bond acceptors (Lipinski definition) is 7. The zero-order valence-electron chi connectivity index (χ0n) is 29.8. The van der Waals surface area contributed by atoms with Gasteiger partial charge in [-0.25, -0.2) is 9.97 Å². The maximum Gasteiger partial charge on any atom is 0.236 e. The molecular formula is C40H57N7O. The molecule has 2 N–H and O–H groups in total. The van der Waals surface area contributed by atoms with Crippen LogP contribution in [0.4, 0.5) is 11.4 Å². The summed E-state index contributed by atoms with van der Waals surface area (Å²) in [6.07, 6.45) is 14.2. The van der Waals surface area contributed by atoms with Crippen LogP contribution in [-0.4, -0.2) is 77.2 Å². The molecule has 2 heterocycles. The largest absolute Gasteiger partial charge is 0.368 e. The lowest BCUT2D eigenvalue weighted by Gasteiger charge is -2.37. The molecule has 3 aromatic rings. The second kappa shape index (κ2) is 20.8. The van der Waals surface area contributed by atoms with Gasteiger partial charge in [0.25, 0.3) is 0 Å². The van der Waals surface area contributed by atoms with Gasteiger partial charge in [-0.3, -0.25) is 9.69 Å². The molecule has 0 radical (unpaired) electrons. The first-order valence-corrected chi connectivity index (χ1v) is 17.7. The van der Waals surface area contributed by atoms with E-state index in [1.807, 2.05) is 37.0 Å². The zero-order valence-corrected chi connectivity index (χ0v) is 29.8. The Bertz CT molecular complexity index is 1410. The van der Waals surface area contributed by atoms with Crippen molar-refractivity contribution in [3.8, 4) is 11.4 Å². The van der Waals surface area contributed by atoms with E-state index in [4.69, 9.17) is 5.41 Å². The number of benzene rings is 2. The quantitative estimate of drug-likeness (QED) is 0.152. The number of amides is 1. The molecule has 8 nitrogen and oxygen atoms in total. The lowest BCUT2D eigenvalue weighted by atomic mass is 9.82. The van der Waals surface area contributed by atoms with E-state index in [2.05, 4.69) is 88.5 Å². The van der Waals surface area contributed by atoms with Crippen molar-refractivity contribution >= 4 is 23.0 Å². The number of nitrogens with zero attached hydrogens (tertiary/aromatic N) is 5. The number of nitrogens with one attached hydrogen (secondary N) is 2. The summed E-state index contributed by atoms with van der Waals surface area (Å²) in [4.78, 5) is 27.7. The summed E-state index contributed by atoms with van der Waals surface area (Å²) in [6, 6.07) is 16.3. The molecule has 0 unspecified atom stereocenters. The van der Waals surface area contributed by atoms with E-state index in [9.17, 15) is 4.79 Å². The Kier molecular flexibility index (Phi) is 16.6. The average molecular weight is 652 g/mol. The van der Waals surface area contributed by atoms with Gasteiger partial charge in [0.15, 0.2) is 5.82 Å². The second-order valence-electron chi connectivity index (χ2n) is 12.1. The summed E-state index contributed by atoms with van der Waals surface area (Å²) in [7, 11) is 0. The summed E-state index contributed by atoms with van der Waals surface area (Å²) in [5.74, 6) is 1.42. The van der Waals surface area contributed by atoms with E-state index >= 15 is 0 Å². The lowest BCUT2D eigenvalue weighted by molar-refractivity contribution is -0.132. The van der Waals surface area contributed by atoms with Gasteiger partial charge in [-0.2, -0.15) is 0 Å². The highest BCUT2D eigenvalue weighted by Gasteiger charge is 2.23. The molecule has 0 bridgehead atoms. The Morgan fingerprint density at radius 3 is 2.27 bits per heavy atom. The molecule has 8 heteroatoms. The van der Waals surface area contributed by atoms with Crippen molar-refractivity contribution in [1.29, 1.82) is 5.41 Å². The van der Waals surface area contributed by atoms with Gasteiger partial charge in [0, 0.05) is 79.2 Å². The Morgan fingerprint density at radius 1 is 1.00 bits per heavy atom. The number of aryl methyl sites for hydroxylation is 1. The van der Waals surface area contributed by atoms with Gasteiger partial charge in [0.1, 0.15) is 0 Å². The first-order chi connectivity index (χ1) is 23.4. The van der Waals surface area contributed by atoms with Crippen molar-refractivity contribution in [2.45, 2.75) is 66.2 Å². The third kappa shape index (κ3) is 11.4. The van der Waals surface area contributed by atoms with Crippen LogP contribution in [0.5, 0.6) is 0 Å². The normalized spacial score (nSPS) is 14.6. The monoisotopic (exact) mass is 651 g/mol. The molecule has 0 spiro atoms. The SMILES string of the molecule is C=CCCN(CC)CC(=O)N1CCN(c2ccc(-c3ncccn3)cc2)CC1.C=CNc1ccc(C)c(C(=N)C2CCCCC2)c1.CC. The maximum atomic E-state index is 12.6. The Hall–Kier alpha value is -4.30. The van der Waals surface area contributed by atoms with Crippen molar-refractivity contribution in [1.82, 2.24) is 19.8 Å². The fourth-order valence-corrected chi connectivity index (χ4v) is 6.13. The molecule has 258 valence electrons. The van der Waals surface area contributed by atoms with Crippen LogP contribution in [0.2, 0.25) is 0 Å². The zero-order chi connectivity index (χ0) is 34.7. The topological polar surface area (TPSA) is 88.5 Å². The number of likely N-dealkylation sites (N-methyl/N-ethyl adjacent to an activating group) is 1. The molecule has 2 fully saturated rings. The molecule has 5 rings (SSSR count). The van der Waals surface area contributed by atoms with Gasteiger partial charge in [0.05, 0.1) is 6.54 Å². The molecule has 1 aliphatic carbocycles. The van der Waals surface area contributed by atoms with E-state index in [0.717, 1.165) is 74.0 Å². The molecule has 2 aliphatic rings. The van der Waals surface area contributed by atoms with E-state index < -0.39 is 0 Å².